The third kappa shape index (κ3) is 8.56. The average Bonchev–Trinajstić information content (AvgIpc) is 2.49. The summed E-state index contributed by atoms with van der Waals surface area (Å²) in [5.41, 5.74) is -0.181. The van der Waals surface area contributed by atoms with Gasteiger partial charge in [-0.2, -0.15) is 0 Å². The quantitative estimate of drug-likeness (QED) is 0.408. The molecule has 136 valence electrons. The van der Waals surface area contributed by atoms with E-state index in [1.807, 2.05) is 7.05 Å². The highest BCUT2D eigenvalue weighted by atomic mass is 16.5. The first-order chi connectivity index (χ1) is 10.9. The van der Waals surface area contributed by atoms with Crippen LogP contribution in [0.2, 0.25) is 0 Å². The second-order valence-electron chi connectivity index (χ2n) is 7.73. The zero-order valence-electron chi connectivity index (χ0n) is 16.1. The van der Waals surface area contributed by atoms with Gasteiger partial charge in [0.2, 0.25) is 0 Å². The Morgan fingerprint density at radius 3 is 2.39 bits per heavy atom. The second-order valence-corrected chi connectivity index (χ2v) is 7.73. The zero-order chi connectivity index (χ0) is 17.3. The van der Waals surface area contributed by atoms with Crippen molar-refractivity contribution in [3.8, 4) is 0 Å². The smallest absolute Gasteiger partial charge is 0.191 e. The first-order valence-electron chi connectivity index (χ1n) is 9.08. The van der Waals surface area contributed by atoms with E-state index in [4.69, 9.17) is 4.74 Å². The van der Waals surface area contributed by atoms with Gasteiger partial charge in [-0.15, -0.1) is 0 Å². The largest absolute Gasteiger partial charge is 0.377 e. The fraction of sp³-hybridized carbons (Fsp3) is 0.944. The molecular weight excluding hydrogens is 288 g/mol. The minimum Gasteiger partial charge on any atom is -0.377 e. The zero-order valence-corrected chi connectivity index (χ0v) is 16.1. The van der Waals surface area contributed by atoms with Crippen LogP contribution >= 0.6 is 0 Å². The molecule has 2 unspecified atom stereocenters. The number of piperidine rings is 1. The minimum absolute atomic E-state index is 0.181. The van der Waals surface area contributed by atoms with Crippen molar-refractivity contribution in [3.63, 3.8) is 0 Å². The van der Waals surface area contributed by atoms with Crippen molar-refractivity contribution in [2.75, 3.05) is 46.9 Å². The maximum atomic E-state index is 5.41. The number of likely N-dealkylation sites (tertiary alicyclic amines) is 1. The fourth-order valence-corrected chi connectivity index (χ4v) is 3.23. The highest BCUT2D eigenvalue weighted by Crippen LogP contribution is 2.20. The van der Waals surface area contributed by atoms with E-state index in [0.717, 1.165) is 30.9 Å². The first kappa shape index (κ1) is 20.2. The topological polar surface area (TPSA) is 48.9 Å². The Morgan fingerprint density at radius 1 is 1.17 bits per heavy atom. The Bertz CT molecular complexity index is 347. The molecule has 0 aliphatic carbocycles. The molecule has 5 heteroatoms. The summed E-state index contributed by atoms with van der Waals surface area (Å²) in [7, 11) is 3.55. The van der Waals surface area contributed by atoms with E-state index in [9.17, 15) is 0 Å². The van der Waals surface area contributed by atoms with Gasteiger partial charge in [0.15, 0.2) is 5.96 Å². The number of rotatable bonds is 8. The maximum Gasteiger partial charge on any atom is 0.191 e. The molecule has 1 heterocycles. The van der Waals surface area contributed by atoms with Crippen LogP contribution in [0.3, 0.4) is 0 Å². The molecule has 2 N–H and O–H groups in total. The highest BCUT2D eigenvalue weighted by molar-refractivity contribution is 5.79. The molecule has 0 aromatic carbocycles. The molecule has 0 aromatic heterocycles. The van der Waals surface area contributed by atoms with Crippen molar-refractivity contribution in [2.45, 2.75) is 52.6 Å². The van der Waals surface area contributed by atoms with Crippen LogP contribution in [0.25, 0.3) is 0 Å². The number of hydrogen-bond acceptors (Lipinski definition) is 3. The second kappa shape index (κ2) is 10.1. The van der Waals surface area contributed by atoms with Gasteiger partial charge in [0, 0.05) is 40.3 Å². The van der Waals surface area contributed by atoms with Gasteiger partial charge in [0.05, 0.1) is 5.60 Å². The summed E-state index contributed by atoms with van der Waals surface area (Å²) >= 11 is 0. The predicted molar refractivity (Wildman–Crippen MR) is 99.1 cm³/mol. The number of nitrogens with zero attached hydrogens (tertiary/aromatic N) is 2. The van der Waals surface area contributed by atoms with E-state index < -0.39 is 0 Å². The molecule has 1 aliphatic rings. The molecule has 1 fully saturated rings. The van der Waals surface area contributed by atoms with Gasteiger partial charge >= 0.3 is 0 Å². The minimum atomic E-state index is -0.181. The summed E-state index contributed by atoms with van der Waals surface area (Å²) in [6.45, 7) is 14.3. The summed E-state index contributed by atoms with van der Waals surface area (Å²) in [5.74, 6) is 2.56. The van der Waals surface area contributed by atoms with Gasteiger partial charge < -0.3 is 20.3 Å². The Morgan fingerprint density at radius 2 is 1.83 bits per heavy atom. The van der Waals surface area contributed by atoms with E-state index in [-0.39, 0.29) is 5.60 Å². The van der Waals surface area contributed by atoms with Crippen LogP contribution in [0.1, 0.15) is 47.0 Å². The fourth-order valence-electron chi connectivity index (χ4n) is 3.23. The molecule has 0 amide bonds. The van der Waals surface area contributed by atoms with Crippen molar-refractivity contribution in [3.05, 3.63) is 0 Å². The Balaban J connectivity index is 2.13. The number of guanidine groups is 1. The summed E-state index contributed by atoms with van der Waals surface area (Å²) in [5, 5.41) is 6.70. The Kier molecular flexibility index (Phi) is 8.92. The van der Waals surface area contributed by atoms with Crippen LogP contribution in [0.5, 0.6) is 0 Å². The van der Waals surface area contributed by atoms with Crippen molar-refractivity contribution < 1.29 is 4.74 Å². The van der Waals surface area contributed by atoms with Gasteiger partial charge in [-0.05, 0) is 51.5 Å². The predicted octanol–water partition coefficient (Wildman–Crippen LogP) is 2.33. The molecule has 0 spiro atoms. The van der Waals surface area contributed by atoms with Gasteiger partial charge in [-0.3, -0.25) is 4.99 Å². The lowest BCUT2D eigenvalue weighted by atomic mass is 9.92. The van der Waals surface area contributed by atoms with Crippen LogP contribution in [0.15, 0.2) is 4.99 Å². The molecule has 5 nitrogen and oxygen atoms in total. The van der Waals surface area contributed by atoms with Crippen LogP contribution < -0.4 is 10.6 Å². The molecule has 1 aliphatic heterocycles. The summed E-state index contributed by atoms with van der Waals surface area (Å²) in [6, 6.07) is 0. The Labute approximate surface area is 143 Å². The number of unbranched alkanes of at least 4 members (excludes halogenated alkanes) is 1. The number of aliphatic imine (C=N–C) groups is 1. The third-order valence-corrected chi connectivity index (χ3v) is 4.60. The van der Waals surface area contributed by atoms with E-state index >= 15 is 0 Å². The van der Waals surface area contributed by atoms with Crippen LogP contribution in [-0.2, 0) is 4.74 Å². The molecule has 2 atom stereocenters. The van der Waals surface area contributed by atoms with Gasteiger partial charge in [0.1, 0.15) is 0 Å². The van der Waals surface area contributed by atoms with Gasteiger partial charge in [-0.1, -0.05) is 13.8 Å². The summed E-state index contributed by atoms with van der Waals surface area (Å²) < 4.78 is 5.41. The van der Waals surface area contributed by atoms with Crippen molar-refractivity contribution in [1.29, 1.82) is 0 Å². The van der Waals surface area contributed by atoms with Crippen LogP contribution in [0.4, 0.5) is 0 Å². The van der Waals surface area contributed by atoms with Crippen LogP contribution in [0, 0.1) is 11.8 Å². The lowest BCUT2D eigenvalue weighted by Gasteiger charge is -2.35. The van der Waals surface area contributed by atoms with Gasteiger partial charge in [-0.25, -0.2) is 0 Å². The third-order valence-electron chi connectivity index (χ3n) is 4.60. The molecule has 0 aromatic rings. The Hall–Kier alpha value is -0.810. The SMILES string of the molecule is CN=C(NCCCCN1CC(C)CC(C)C1)NCC(C)(C)OC. The van der Waals surface area contributed by atoms with E-state index in [1.165, 1.54) is 38.9 Å². The standard InChI is InChI=1S/C18H38N4O/c1-15-11-16(2)13-22(12-15)10-8-7-9-20-17(19-5)21-14-18(3,4)23-6/h15-16H,7-14H2,1-6H3,(H2,19,20,21). The highest BCUT2D eigenvalue weighted by Gasteiger charge is 2.21. The molecule has 0 radical (unpaired) electrons. The molecule has 0 bridgehead atoms. The molecule has 0 saturated carbocycles. The molecule has 1 rings (SSSR count). The van der Waals surface area contributed by atoms with E-state index in [1.54, 1.807) is 7.11 Å². The molecule has 23 heavy (non-hydrogen) atoms. The number of ether oxygens (including phenoxy) is 1. The molecule has 1 saturated heterocycles. The van der Waals surface area contributed by atoms with Crippen LogP contribution in [-0.4, -0.2) is 63.3 Å². The monoisotopic (exact) mass is 326 g/mol. The van der Waals surface area contributed by atoms with Gasteiger partial charge in [0.25, 0.3) is 0 Å². The van der Waals surface area contributed by atoms with E-state index in [2.05, 4.69) is 48.2 Å². The number of hydrogen-bond donors (Lipinski definition) is 2. The summed E-state index contributed by atoms with van der Waals surface area (Å²) in [4.78, 5) is 6.89. The average molecular weight is 327 g/mol. The molecular formula is C18H38N4O. The number of methoxy groups -OCH3 is 1. The van der Waals surface area contributed by atoms with Crippen molar-refractivity contribution >= 4 is 5.96 Å². The first-order valence-corrected chi connectivity index (χ1v) is 9.08. The van der Waals surface area contributed by atoms with Crippen molar-refractivity contribution in [1.82, 2.24) is 15.5 Å². The maximum absolute atomic E-state index is 5.41. The van der Waals surface area contributed by atoms with E-state index in [0.29, 0.717) is 0 Å². The number of nitrogens with one attached hydrogen (secondary N) is 2. The van der Waals surface area contributed by atoms with Crippen molar-refractivity contribution in [2.24, 2.45) is 16.8 Å². The normalized spacial score (nSPS) is 23.8. The lowest BCUT2D eigenvalue weighted by Crippen LogP contribution is -2.45. The summed E-state index contributed by atoms with van der Waals surface area (Å²) in [6.07, 6.45) is 3.80. The lowest BCUT2D eigenvalue weighted by molar-refractivity contribution is 0.0268.